The minimum atomic E-state index is 0.764. The van der Waals surface area contributed by atoms with Gasteiger partial charge in [0.1, 0.15) is 0 Å². The van der Waals surface area contributed by atoms with Gasteiger partial charge in [0.2, 0.25) is 0 Å². The molecule has 0 atom stereocenters. The third-order valence-electron chi connectivity index (χ3n) is 4.47. The van der Waals surface area contributed by atoms with E-state index in [1.807, 2.05) is 0 Å². The van der Waals surface area contributed by atoms with Crippen molar-refractivity contribution < 1.29 is 0 Å². The SMILES string of the molecule is CCN(Cc1ccccc1)CC1CCC(NC)CC1. The molecule has 19 heavy (non-hydrogen) atoms. The van der Waals surface area contributed by atoms with E-state index in [9.17, 15) is 0 Å². The second-order valence-electron chi connectivity index (χ2n) is 5.82. The monoisotopic (exact) mass is 260 g/mol. The Hall–Kier alpha value is -0.860. The molecule has 1 N–H and O–H groups in total. The first-order chi connectivity index (χ1) is 9.31. The Bertz CT molecular complexity index is 342. The summed E-state index contributed by atoms with van der Waals surface area (Å²) in [6.45, 7) is 5.80. The van der Waals surface area contributed by atoms with Gasteiger partial charge in [-0.1, -0.05) is 37.3 Å². The molecular formula is C17H28N2. The molecule has 2 rings (SSSR count). The minimum Gasteiger partial charge on any atom is -0.317 e. The van der Waals surface area contributed by atoms with Gasteiger partial charge in [-0.3, -0.25) is 4.90 Å². The van der Waals surface area contributed by atoms with Crippen LogP contribution in [-0.4, -0.2) is 31.1 Å². The maximum atomic E-state index is 3.42. The standard InChI is InChI=1S/C17H28N2/c1-3-19(13-15-7-5-4-6-8-15)14-16-9-11-17(18-2)12-10-16/h4-8,16-18H,3,9-14H2,1-2H3. The van der Waals surface area contributed by atoms with Crippen LogP contribution in [-0.2, 0) is 6.54 Å². The average molecular weight is 260 g/mol. The maximum Gasteiger partial charge on any atom is 0.0233 e. The zero-order chi connectivity index (χ0) is 13.5. The van der Waals surface area contributed by atoms with Crippen LogP contribution < -0.4 is 5.32 Å². The topological polar surface area (TPSA) is 15.3 Å². The lowest BCUT2D eigenvalue weighted by Gasteiger charge is -2.32. The van der Waals surface area contributed by atoms with Crippen LogP contribution in [0.2, 0.25) is 0 Å². The molecule has 1 saturated carbocycles. The summed E-state index contributed by atoms with van der Waals surface area (Å²) in [6.07, 6.45) is 5.47. The van der Waals surface area contributed by atoms with Gasteiger partial charge >= 0.3 is 0 Å². The van der Waals surface area contributed by atoms with Crippen LogP contribution in [0.3, 0.4) is 0 Å². The van der Waals surface area contributed by atoms with Crippen LogP contribution in [0.25, 0.3) is 0 Å². The molecule has 106 valence electrons. The highest BCUT2D eigenvalue weighted by Crippen LogP contribution is 2.25. The van der Waals surface area contributed by atoms with Crippen molar-refractivity contribution in [2.24, 2.45) is 5.92 Å². The highest BCUT2D eigenvalue weighted by molar-refractivity contribution is 5.14. The van der Waals surface area contributed by atoms with Gasteiger partial charge in [0.25, 0.3) is 0 Å². The Kier molecular flexibility index (Phi) is 5.87. The van der Waals surface area contributed by atoms with Crippen molar-refractivity contribution in [3.8, 4) is 0 Å². The fraction of sp³-hybridized carbons (Fsp3) is 0.647. The van der Waals surface area contributed by atoms with Gasteiger partial charge in [-0.15, -0.1) is 0 Å². The summed E-state index contributed by atoms with van der Waals surface area (Å²) in [7, 11) is 2.10. The quantitative estimate of drug-likeness (QED) is 0.844. The molecule has 0 bridgehead atoms. The van der Waals surface area contributed by atoms with Crippen molar-refractivity contribution in [2.45, 2.75) is 45.2 Å². The summed E-state index contributed by atoms with van der Waals surface area (Å²) in [5.41, 5.74) is 1.44. The zero-order valence-corrected chi connectivity index (χ0v) is 12.4. The Morgan fingerprint density at radius 1 is 1.11 bits per heavy atom. The van der Waals surface area contributed by atoms with Crippen molar-refractivity contribution in [3.05, 3.63) is 35.9 Å². The molecule has 0 spiro atoms. The van der Waals surface area contributed by atoms with Gasteiger partial charge in [0, 0.05) is 19.1 Å². The number of rotatable bonds is 6. The van der Waals surface area contributed by atoms with Gasteiger partial charge in [-0.2, -0.15) is 0 Å². The van der Waals surface area contributed by atoms with Crippen LogP contribution in [0.4, 0.5) is 0 Å². The number of hydrogen-bond donors (Lipinski definition) is 1. The Morgan fingerprint density at radius 2 is 1.79 bits per heavy atom. The van der Waals surface area contributed by atoms with E-state index in [-0.39, 0.29) is 0 Å². The van der Waals surface area contributed by atoms with Crippen LogP contribution in [0.15, 0.2) is 30.3 Å². The van der Waals surface area contributed by atoms with E-state index in [4.69, 9.17) is 0 Å². The molecule has 2 nitrogen and oxygen atoms in total. The Balaban J connectivity index is 1.79. The number of nitrogens with one attached hydrogen (secondary N) is 1. The molecule has 0 heterocycles. The Morgan fingerprint density at radius 3 is 2.37 bits per heavy atom. The van der Waals surface area contributed by atoms with Gasteiger partial charge in [0.05, 0.1) is 0 Å². The summed E-state index contributed by atoms with van der Waals surface area (Å²) in [4.78, 5) is 2.60. The van der Waals surface area contributed by atoms with Gasteiger partial charge in [-0.25, -0.2) is 0 Å². The van der Waals surface area contributed by atoms with Gasteiger partial charge in [-0.05, 0) is 50.8 Å². The molecule has 2 heteroatoms. The first-order valence-corrected chi connectivity index (χ1v) is 7.75. The summed E-state index contributed by atoms with van der Waals surface area (Å²) in [5, 5.41) is 3.42. The molecule has 0 saturated heterocycles. The van der Waals surface area contributed by atoms with E-state index in [2.05, 4.69) is 54.5 Å². The van der Waals surface area contributed by atoms with E-state index in [0.29, 0.717) is 0 Å². The van der Waals surface area contributed by atoms with Gasteiger partial charge in [0.15, 0.2) is 0 Å². The largest absolute Gasteiger partial charge is 0.317 e. The maximum absolute atomic E-state index is 3.42. The first kappa shape index (κ1) is 14.5. The summed E-state index contributed by atoms with van der Waals surface area (Å²) in [6, 6.07) is 11.6. The van der Waals surface area contributed by atoms with Crippen LogP contribution in [0, 0.1) is 5.92 Å². The van der Waals surface area contributed by atoms with Crippen molar-refractivity contribution in [2.75, 3.05) is 20.1 Å². The smallest absolute Gasteiger partial charge is 0.0233 e. The summed E-state index contributed by atoms with van der Waals surface area (Å²) >= 11 is 0. The third-order valence-corrected chi connectivity index (χ3v) is 4.47. The van der Waals surface area contributed by atoms with Crippen LogP contribution in [0.5, 0.6) is 0 Å². The van der Waals surface area contributed by atoms with Crippen LogP contribution >= 0.6 is 0 Å². The van der Waals surface area contributed by atoms with Crippen molar-refractivity contribution in [1.29, 1.82) is 0 Å². The molecule has 0 aliphatic heterocycles. The number of benzene rings is 1. The van der Waals surface area contributed by atoms with Crippen molar-refractivity contribution in [1.82, 2.24) is 10.2 Å². The number of nitrogens with zero attached hydrogens (tertiary/aromatic N) is 1. The normalized spacial score (nSPS) is 23.7. The van der Waals surface area contributed by atoms with Crippen molar-refractivity contribution >= 4 is 0 Å². The second kappa shape index (κ2) is 7.66. The molecule has 0 amide bonds. The molecule has 1 aliphatic rings. The second-order valence-corrected chi connectivity index (χ2v) is 5.82. The predicted molar refractivity (Wildman–Crippen MR) is 82.2 cm³/mol. The third kappa shape index (κ3) is 4.63. The average Bonchev–Trinajstić information content (AvgIpc) is 2.48. The van der Waals surface area contributed by atoms with E-state index >= 15 is 0 Å². The lowest BCUT2D eigenvalue weighted by atomic mass is 9.85. The zero-order valence-electron chi connectivity index (χ0n) is 12.4. The highest BCUT2D eigenvalue weighted by atomic mass is 15.1. The van der Waals surface area contributed by atoms with Gasteiger partial charge < -0.3 is 5.32 Å². The molecule has 0 aromatic heterocycles. The van der Waals surface area contributed by atoms with E-state index in [1.54, 1.807) is 0 Å². The summed E-state index contributed by atoms with van der Waals surface area (Å²) in [5.74, 6) is 0.897. The molecule has 1 aromatic carbocycles. The highest BCUT2D eigenvalue weighted by Gasteiger charge is 2.21. The fourth-order valence-electron chi connectivity index (χ4n) is 3.15. The lowest BCUT2D eigenvalue weighted by molar-refractivity contribution is 0.190. The van der Waals surface area contributed by atoms with E-state index in [1.165, 1.54) is 37.8 Å². The van der Waals surface area contributed by atoms with Crippen molar-refractivity contribution in [3.63, 3.8) is 0 Å². The fourth-order valence-corrected chi connectivity index (χ4v) is 3.15. The first-order valence-electron chi connectivity index (χ1n) is 7.75. The molecule has 0 radical (unpaired) electrons. The minimum absolute atomic E-state index is 0.764. The molecule has 1 fully saturated rings. The molecule has 0 unspecified atom stereocenters. The number of hydrogen-bond acceptors (Lipinski definition) is 2. The van der Waals surface area contributed by atoms with E-state index in [0.717, 1.165) is 25.0 Å². The lowest BCUT2D eigenvalue weighted by Crippen LogP contribution is -2.35. The molecule has 1 aliphatic carbocycles. The molecular weight excluding hydrogens is 232 g/mol. The Labute approximate surface area is 118 Å². The predicted octanol–water partition coefficient (Wildman–Crippen LogP) is 3.29. The van der Waals surface area contributed by atoms with Crippen LogP contribution in [0.1, 0.15) is 38.2 Å². The van der Waals surface area contributed by atoms with E-state index < -0.39 is 0 Å². The summed E-state index contributed by atoms with van der Waals surface area (Å²) < 4.78 is 0. The molecule has 1 aromatic rings.